The van der Waals surface area contributed by atoms with Crippen LogP contribution < -0.4 is 18.9 Å². The summed E-state index contributed by atoms with van der Waals surface area (Å²) in [5, 5.41) is -0.686. The third-order valence-corrected chi connectivity index (χ3v) is 9.56. The number of carbonyl (C=O) groups is 1. The minimum atomic E-state index is -0.739. The van der Waals surface area contributed by atoms with Crippen LogP contribution in [0.5, 0.6) is 0 Å². The van der Waals surface area contributed by atoms with Crippen molar-refractivity contribution in [2.24, 2.45) is 0 Å². The molecule has 0 bridgehead atoms. The van der Waals surface area contributed by atoms with E-state index in [0.29, 0.717) is 34.0 Å². The zero-order valence-electron chi connectivity index (χ0n) is 26.7. The topological polar surface area (TPSA) is 44.8 Å². The number of benzene rings is 1. The summed E-state index contributed by atoms with van der Waals surface area (Å²) in [5.41, 5.74) is 1.10. The number of rotatable bonds is 21. The van der Waals surface area contributed by atoms with Crippen LogP contribution in [-0.4, -0.2) is 36.1 Å². The molecule has 0 radical (unpaired) electrons. The van der Waals surface area contributed by atoms with Gasteiger partial charge in [0.15, 0.2) is 0 Å². The fraction of sp³-hybridized carbons (Fsp3) is 0.676. The van der Waals surface area contributed by atoms with Crippen LogP contribution in [0.3, 0.4) is 0 Å². The summed E-state index contributed by atoms with van der Waals surface area (Å²) >= 11 is 0. The molecule has 0 amide bonds. The second-order valence-electron chi connectivity index (χ2n) is 11.1. The molecule has 40 heavy (non-hydrogen) atoms. The average molecular weight is 565 g/mol. The van der Waals surface area contributed by atoms with Gasteiger partial charge in [0.1, 0.15) is 5.76 Å². The zero-order valence-corrected chi connectivity index (χ0v) is 27.5. The number of carbonyl (C=O) groups excluding carboxylic acids is 1. The molecule has 1 aliphatic carbocycles. The van der Waals surface area contributed by atoms with E-state index in [1.807, 2.05) is 30.3 Å². The smallest absolute Gasteiger partial charge is 0.500 e. The van der Waals surface area contributed by atoms with Gasteiger partial charge in [-0.25, -0.2) is 0 Å². The Kier molecular flexibility index (Phi) is 18.5. The van der Waals surface area contributed by atoms with E-state index >= 15 is 0 Å². The van der Waals surface area contributed by atoms with Crippen molar-refractivity contribution in [1.82, 2.24) is 0 Å². The molecule has 0 N–H and O–H groups in total. The predicted molar refractivity (Wildman–Crippen MR) is 166 cm³/mol. The van der Waals surface area contributed by atoms with Crippen molar-refractivity contribution in [3.63, 3.8) is 0 Å². The number of ether oxygens (including phenoxy) is 3. The Morgan fingerprint density at radius 1 is 0.750 bits per heavy atom. The first-order valence-electron chi connectivity index (χ1n) is 15.5. The van der Waals surface area contributed by atoms with Gasteiger partial charge in [-0.2, -0.15) is 0 Å². The van der Waals surface area contributed by atoms with Crippen LogP contribution in [0.15, 0.2) is 53.5 Å². The molecule has 1 aromatic rings. The molecular weight excluding hydrogens is 510 g/mol. The van der Waals surface area contributed by atoms with Gasteiger partial charge in [0.05, 0.1) is 24.6 Å². The van der Waals surface area contributed by atoms with Crippen LogP contribution >= 0.6 is 8.58 Å². The normalized spacial score (nSPS) is 20.9. The maximum atomic E-state index is 13.6. The average Bonchev–Trinajstić information content (AvgIpc) is 2.94. The number of hydrogen-bond donors (Lipinski definition) is 0. The van der Waals surface area contributed by atoms with Crippen LogP contribution in [0.2, 0.25) is 0 Å². The Hall–Kier alpha value is -1.04. The molecule has 6 heteroatoms. The molecule has 4 nitrogen and oxygen atoms in total. The van der Waals surface area contributed by atoms with Gasteiger partial charge < -0.3 is 27.6 Å². The van der Waals surface area contributed by atoms with E-state index in [-0.39, 0.29) is 24.4 Å². The van der Waals surface area contributed by atoms with Crippen LogP contribution in [0.1, 0.15) is 129 Å². The van der Waals surface area contributed by atoms with Crippen LogP contribution in [0, 0.1) is 0 Å². The maximum Gasteiger partial charge on any atom is 1.00 e. The summed E-state index contributed by atoms with van der Waals surface area (Å²) in [7, 11) is 0.647. The van der Waals surface area contributed by atoms with E-state index in [9.17, 15) is 4.79 Å². The van der Waals surface area contributed by atoms with E-state index in [1.165, 1.54) is 44.9 Å². The van der Waals surface area contributed by atoms with Crippen molar-refractivity contribution in [3.8, 4) is 0 Å². The first kappa shape index (κ1) is 37.0. The minimum absolute atomic E-state index is 0. The molecule has 1 aromatic carbocycles. The monoisotopic (exact) mass is 564 g/mol. The van der Waals surface area contributed by atoms with Gasteiger partial charge in [0.25, 0.3) is 0 Å². The summed E-state index contributed by atoms with van der Waals surface area (Å²) in [6, 6.07) is 9.58. The molecule has 220 valence electrons. The van der Waals surface area contributed by atoms with Crippen molar-refractivity contribution < 1.29 is 37.9 Å². The summed E-state index contributed by atoms with van der Waals surface area (Å²) < 4.78 is 19.8. The molecule has 0 spiro atoms. The molecule has 0 saturated heterocycles. The van der Waals surface area contributed by atoms with Crippen molar-refractivity contribution in [2.45, 2.75) is 129 Å². The molecule has 0 aliphatic heterocycles. The van der Waals surface area contributed by atoms with E-state index in [1.54, 1.807) is 0 Å². The van der Waals surface area contributed by atoms with Gasteiger partial charge in [0, 0.05) is 18.2 Å². The number of allylic oxidation sites excluding steroid dienone is 1. The summed E-state index contributed by atoms with van der Waals surface area (Å²) in [6.45, 7) is 15.0. The zero-order chi connectivity index (χ0) is 28.6. The Labute approximate surface area is 259 Å². The number of hydrogen-bond acceptors (Lipinski definition) is 4. The molecule has 2 unspecified atom stereocenters. The molecule has 1 aliphatic rings. The molecule has 0 aromatic heterocycles. The van der Waals surface area contributed by atoms with Gasteiger partial charge >= 0.3 is 18.9 Å². The van der Waals surface area contributed by atoms with E-state index in [2.05, 4.69) is 47.6 Å². The van der Waals surface area contributed by atoms with Crippen molar-refractivity contribution in [3.05, 3.63) is 59.1 Å². The van der Waals surface area contributed by atoms with Crippen molar-refractivity contribution in [2.75, 3.05) is 19.8 Å². The summed E-state index contributed by atoms with van der Waals surface area (Å²) in [5.74, 6) is 1.64. The van der Waals surface area contributed by atoms with Gasteiger partial charge in [-0.15, -0.1) is 0 Å². The molecule has 0 heterocycles. The third kappa shape index (κ3) is 10.7. The first-order valence-corrected chi connectivity index (χ1v) is 16.4. The standard InChI is InChI=1S/C34H54O4P.Li/c1-7-10-13-19-24-36-30-27-31(37-25-20-14-11-8-2)34(6,39-32(35)29-22-17-16-18-23-29)33(5,28(30)4)38-26-21-15-12-9-3;/h16-18,22-23,27H,7-15,19-21,24-26H2,1-6H3;/q-1;+1. The van der Waals surface area contributed by atoms with Crippen molar-refractivity contribution >= 4 is 14.1 Å². The second-order valence-corrected chi connectivity index (χ2v) is 12.6. The van der Waals surface area contributed by atoms with Gasteiger partial charge in [0.2, 0.25) is 0 Å². The minimum Gasteiger partial charge on any atom is -0.500 e. The molecule has 0 saturated carbocycles. The molecule has 2 atom stereocenters. The summed E-state index contributed by atoms with van der Waals surface area (Å²) in [6.07, 6.45) is 15.7. The fourth-order valence-corrected chi connectivity index (χ4v) is 6.39. The van der Waals surface area contributed by atoms with Gasteiger partial charge in [-0.05, 0) is 44.2 Å². The Morgan fingerprint density at radius 3 is 1.82 bits per heavy atom. The van der Waals surface area contributed by atoms with Crippen LogP contribution in [0.25, 0.3) is 0 Å². The van der Waals surface area contributed by atoms with Crippen molar-refractivity contribution in [1.29, 1.82) is 0 Å². The van der Waals surface area contributed by atoms with Gasteiger partial charge in [-0.3, -0.25) is 0 Å². The number of unbranched alkanes of at least 4 members (excludes halogenated alkanes) is 9. The summed E-state index contributed by atoms with van der Waals surface area (Å²) in [4.78, 5) is 13.6. The Bertz CT molecular complexity index is 916. The maximum absolute atomic E-state index is 13.6. The van der Waals surface area contributed by atoms with Crippen LogP contribution in [0.4, 0.5) is 0 Å². The largest absolute Gasteiger partial charge is 1.00 e. The van der Waals surface area contributed by atoms with Gasteiger partial charge in [-0.1, -0.05) is 121 Å². The fourth-order valence-electron chi connectivity index (χ4n) is 5.02. The SMILES string of the molecule is CCCCCCOC1=CC(OCCCCCC)=C(C)C(C)(OCCCCCC)C1(C)[P-]C(=O)c1ccccc1.[Li+]. The van der Waals surface area contributed by atoms with E-state index in [4.69, 9.17) is 14.2 Å². The second kappa shape index (κ2) is 20.0. The quantitative estimate of drug-likeness (QED) is 0.0896. The van der Waals surface area contributed by atoms with E-state index in [0.717, 1.165) is 49.2 Å². The first-order chi connectivity index (χ1) is 18.8. The van der Waals surface area contributed by atoms with E-state index < -0.39 is 10.8 Å². The van der Waals surface area contributed by atoms with Crippen LogP contribution in [-0.2, 0) is 14.2 Å². The Balaban J connectivity index is 0.00000800. The molecular formula is C34H54LiO4P. The predicted octanol–water partition coefficient (Wildman–Crippen LogP) is 7.26. The molecule has 2 rings (SSSR count). The Morgan fingerprint density at radius 2 is 1.27 bits per heavy atom. The third-order valence-electron chi connectivity index (χ3n) is 8.00. The molecule has 0 fully saturated rings.